The summed E-state index contributed by atoms with van der Waals surface area (Å²) in [5, 5.41) is 0. The van der Waals surface area contributed by atoms with Crippen molar-refractivity contribution in [3.05, 3.63) is 40.5 Å². The number of carbonyl (C=O) groups is 2. The normalized spacial score (nSPS) is 17.1. The molecule has 2 atom stereocenters. The molecule has 10 heteroatoms. The number of benzene rings is 2. The van der Waals surface area contributed by atoms with E-state index in [2.05, 4.69) is 4.90 Å². The molecule has 0 radical (unpaired) electrons. The van der Waals surface area contributed by atoms with Crippen LogP contribution in [0.15, 0.2) is 18.2 Å². The van der Waals surface area contributed by atoms with Crippen molar-refractivity contribution in [2.45, 2.75) is 39.0 Å². The lowest BCUT2D eigenvalue weighted by molar-refractivity contribution is -0.151. The Labute approximate surface area is 209 Å². The predicted molar refractivity (Wildman–Crippen MR) is 128 cm³/mol. The minimum Gasteiger partial charge on any atom is -0.493 e. The van der Waals surface area contributed by atoms with Crippen molar-refractivity contribution in [3.8, 4) is 28.7 Å². The van der Waals surface area contributed by atoms with Gasteiger partial charge in [-0.15, -0.1) is 0 Å². The number of nitrogens with zero attached hydrogens (tertiary/aromatic N) is 1. The van der Waals surface area contributed by atoms with Gasteiger partial charge in [-0.05, 0) is 31.2 Å². The Hall–Kier alpha value is -3.66. The lowest BCUT2D eigenvalue weighted by Crippen LogP contribution is -2.38. The van der Waals surface area contributed by atoms with Crippen LogP contribution in [0.3, 0.4) is 0 Å². The van der Waals surface area contributed by atoms with Crippen LogP contribution < -0.4 is 23.7 Å². The van der Waals surface area contributed by atoms with E-state index in [0.29, 0.717) is 46.4 Å². The van der Waals surface area contributed by atoms with Crippen LogP contribution in [0.5, 0.6) is 28.7 Å². The Bertz CT molecular complexity index is 1160. The van der Waals surface area contributed by atoms with Crippen molar-refractivity contribution in [3.63, 3.8) is 0 Å². The van der Waals surface area contributed by atoms with Gasteiger partial charge in [0.25, 0.3) is 0 Å². The third-order valence-electron chi connectivity index (χ3n) is 6.44. The number of methoxy groups -OCH3 is 3. The molecular formula is C26H31NO9. The summed E-state index contributed by atoms with van der Waals surface area (Å²) in [4.78, 5) is 26.2. The SMILES string of the molecule is COc1ccc([C@H](OC(C)=O)[C@H]2c3c(cc4c(c3OC)OCO4)CCN2C)c(COC(C)=O)c1OC. The van der Waals surface area contributed by atoms with Crippen LogP contribution in [0.4, 0.5) is 0 Å². The quantitative estimate of drug-likeness (QED) is 0.501. The number of esters is 2. The van der Waals surface area contributed by atoms with Gasteiger partial charge in [-0.2, -0.15) is 0 Å². The van der Waals surface area contributed by atoms with Crippen molar-refractivity contribution in [1.29, 1.82) is 0 Å². The van der Waals surface area contributed by atoms with E-state index in [9.17, 15) is 9.59 Å². The molecule has 194 valence electrons. The maximum Gasteiger partial charge on any atom is 0.303 e. The van der Waals surface area contributed by atoms with Gasteiger partial charge in [-0.3, -0.25) is 14.5 Å². The standard InChI is InChI=1S/C26H31NO9/c1-14(28)33-12-18-17(7-8-19(30-4)23(18)31-5)24(36-15(2)29)22-21-16(9-10-27(22)3)11-20-25(26(21)32-6)35-13-34-20/h7-8,11,22,24H,9-10,12-13H2,1-6H3/t22-,24+/m1/s1. The van der Waals surface area contributed by atoms with Crippen LogP contribution in [0.25, 0.3) is 0 Å². The first-order valence-electron chi connectivity index (χ1n) is 11.5. The van der Waals surface area contributed by atoms with Crippen molar-refractivity contribution < 1.29 is 42.7 Å². The summed E-state index contributed by atoms with van der Waals surface area (Å²) in [7, 11) is 6.56. The number of rotatable bonds is 8. The minimum atomic E-state index is -0.800. The van der Waals surface area contributed by atoms with E-state index in [1.807, 2.05) is 13.1 Å². The average Bonchev–Trinajstić information content (AvgIpc) is 3.32. The molecule has 2 aromatic rings. The Morgan fingerprint density at radius 3 is 2.44 bits per heavy atom. The van der Waals surface area contributed by atoms with Gasteiger partial charge in [0.1, 0.15) is 12.7 Å². The van der Waals surface area contributed by atoms with E-state index < -0.39 is 24.1 Å². The molecule has 0 fully saturated rings. The molecule has 10 nitrogen and oxygen atoms in total. The fourth-order valence-electron chi connectivity index (χ4n) is 4.92. The molecule has 0 N–H and O–H groups in total. The zero-order valence-electron chi connectivity index (χ0n) is 21.3. The number of hydrogen-bond donors (Lipinski definition) is 0. The Morgan fingerprint density at radius 1 is 1.06 bits per heavy atom. The molecule has 2 aliphatic rings. The molecule has 36 heavy (non-hydrogen) atoms. The van der Waals surface area contributed by atoms with Crippen LogP contribution in [0, 0.1) is 0 Å². The monoisotopic (exact) mass is 501 g/mol. The molecule has 0 unspecified atom stereocenters. The highest BCUT2D eigenvalue weighted by molar-refractivity contribution is 5.68. The smallest absolute Gasteiger partial charge is 0.303 e. The minimum absolute atomic E-state index is 0.0929. The number of hydrogen-bond acceptors (Lipinski definition) is 10. The third-order valence-corrected chi connectivity index (χ3v) is 6.44. The van der Waals surface area contributed by atoms with E-state index >= 15 is 0 Å². The van der Waals surface area contributed by atoms with Gasteiger partial charge in [0.2, 0.25) is 12.5 Å². The number of ether oxygens (including phenoxy) is 7. The maximum absolute atomic E-state index is 12.4. The number of carbonyl (C=O) groups excluding carboxylic acids is 2. The summed E-state index contributed by atoms with van der Waals surface area (Å²) in [6, 6.07) is 5.05. The van der Waals surface area contributed by atoms with Gasteiger partial charge >= 0.3 is 11.9 Å². The second-order valence-electron chi connectivity index (χ2n) is 8.57. The second-order valence-corrected chi connectivity index (χ2v) is 8.57. The third kappa shape index (κ3) is 4.60. The Morgan fingerprint density at radius 2 is 1.81 bits per heavy atom. The fraction of sp³-hybridized carbons (Fsp3) is 0.462. The topological polar surface area (TPSA) is 102 Å². The summed E-state index contributed by atoms with van der Waals surface area (Å²) in [6.45, 7) is 3.40. The van der Waals surface area contributed by atoms with E-state index in [-0.39, 0.29) is 13.4 Å². The molecule has 0 bridgehead atoms. The summed E-state index contributed by atoms with van der Waals surface area (Å²) in [6.07, 6.45) is -0.0554. The van der Waals surface area contributed by atoms with E-state index in [4.69, 9.17) is 33.2 Å². The first-order valence-corrected chi connectivity index (χ1v) is 11.5. The summed E-state index contributed by atoms with van der Waals surface area (Å²) in [5.74, 6) is 1.62. The molecule has 0 aliphatic carbocycles. The first-order chi connectivity index (χ1) is 17.3. The maximum atomic E-state index is 12.4. The van der Waals surface area contributed by atoms with Crippen molar-refractivity contribution >= 4 is 11.9 Å². The summed E-state index contributed by atoms with van der Waals surface area (Å²) < 4.78 is 39.7. The van der Waals surface area contributed by atoms with Gasteiger partial charge in [0, 0.05) is 37.1 Å². The molecule has 0 saturated carbocycles. The summed E-state index contributed by atoms with van der Waals surface area (Å²) in [5.41, 5.74) is 3.01. The lowest BCUT2D eigenvalue weighted by atomic mass is 9.84. The Kier molecular flexibility index (Phi) is 7.44. The molecule has 0 saturated heterocycles. The van der Waals surface area contributed by atoms with Crippen molar-refractivity contribution in [2.24, 2.45) is 0 Å². The van der Waals surface area contributed by atoms with Crippen LogP contribution in [0.2, 0.25) is 0 Å². The predicted octanol–water partition coefficient (Wildman–Crippen LogP) is 3.34. The average molecular weight is 502 g/mol. The van der Waals surface area contributed by atoms with E-state index in [1.165, 1.54) is 28.1 Å². The Balaban J connectivity index is 1.94. The van der Waals surface area contributed by atoms with Crippen LogP contribution >= 0.6 is 0 Å². The van der Waals surface area contributed by atoms with Crippen LogP contribution in [-0.2, 0) is 32.1 Å². The highest BCUT2D eigenvalue weighted by Gasteiger charge is 2.41. The van der Waals surface area contributed by atoms with Crippen LogP contribution in [-0.4, -0.2) is 58.6 Å². The molecule has 2 heterocycles. The molecule has 0 aromatic heterocycles. The molecule has 2 aromatic carbocycles. The van der Waals surface area contributed by atoms with E-state index in [0.717, 1.165) is 17.5 Å². The summed E-state index contributed by atoms with van der Waals surface area (Å²) >= 11 is 0. The van der Waals surface area contributed by atoms with Gasteiger partial charge in [-0.25, -0.2) is 0 Å². The highest BCUT2D eigenvalue weighted by Crippen LogP contribution is 2.53. The van der Waals surface area contributed by atoms with Crippen molar-refractivity contribution in [2.75, 3.05) is 41.7 Å². The van der Waals surface area contributed by atoms with Gasteiger partial charge in [0.15, 0.2) is 23.0 Å². The zero-order chi connectivity index (χ0) is 26.0. The lowest BCUT2D eigenvalue weighted by Gasteiger charge is -2.40. The molecule has 4 rings (SSSR count). The van der Waals surface area contributed by atoms with Gasteiger partial charge in [0.05, 0.1) is 27.4 Å². The molecule has 0 amide bonds. The molecule has 0 spiro atoms. The molecule has 2 aliphatic heterocycles. The van der Waals surface area contributed by atoms with Crippen molar-refractivity contribution in [1.82, 2.24) is 4.90 Å². The highest BCUT2D eigenvalue weighted by atomic mass is 16.7. The van der Waals surface area contributed by atoms with Gasteiger partial charge in [-0.1, -0.05) is 6.07 Å². The number of fused-ring (bicyclic) bond motifs is 2. The number of likely N-dealkylation sites (N-methyl/N-ethyl adjacent to an activating group) is 1. The molecular weight excluding hydrogens is 470 g/mol. The second kappa shape index (κ2) is 10.5. The van der Waals surface area contributed by atoms with Crippen LogP contribution in [0.1, 0.15) is 48.2 Å². The zero-order valence-corrected chi connectivity index (χ0v) is 21.3. The first kappa shape index (κ1) is 25.4. The largest absolute Gasteiger partial charge is 0.493 e. The van der Waals surface area contributed by atoms with Gasteiger partial charge < -0.3 is 33.2 Å². The van der Waals surface area contributed by atoms with E-state index in [1.54, 1.807) is 19.2 Å². The fourth-order valence-corrected chi connectivity index (χ4v) is 4.92.